The van der Waals surface area contributed by atoms with Gasteiger partial charge < -0.3 is 14.8 Å². The Morgan fingerprint density at radius 1 is 1.15 bits per heavy atom. The van der Waals surface area contributed by atoms with Gasteiger partial charge in [0.25, 0.3) is 5.91 Å². The number of nitrogens with one attached hydrogen (secondary N) is 1. The fraction of sp³-hybridized carbons (Fsp3) is 0.200. The third-order valence-electron chi connectivity index (χ3n) is 3.48. The zero-order valence-electron chi connectivity index (χ0n) is 14.7. The van der Waals surface area contributed by atoms with E-state index in [0.717, 1.165) is 18.1 Å². The molecule has 0 bridgehead atoms. The molecule has 0 aliphatic rings. The number of rotatable bonds is 8. The number of anilines is 1. The average Bonchev–Trinajstić information content (AvgIpc) is 2.65. The van der Waals surface area contributed by atoms with Gasteiger partial charge in [-0.15, -0.1) is 0 Å². The number of esters is 1. The summed E-state index contributed by atoms with van der Waals surface area (Å²) in [6, 6.07) is 13.1. The van der Waals surface area contributed by atoms with Gasteiger partial charge in [-0.05, 0) is 47.9 Å². The van der Waals surface area contributed by atoms with E-state index in [2.05, 4.69) is 10.1 Å². The van der Waals surface area contributed by atoms with Crippen LogP contribution in [0.15, 0.2) is 54.6 Å². The molecular weight excluding hydrogens is 356 g/mol. The van der Waals surface area contributed by atoms with Gasteiger partial charge in [0.05, 0.1) is 0 Å². The van der Waals surface area contributed by atoms with Gasteiger partial charge in [0, 0.05) is 11.8 Å². The molecule has 5 nitrogen and oxygen atoms in total. The van der Waals surface area contributed by atoms with E-state index >= 15 is 0 Å². The minimum absolute atomic E-state index is 0.0218. The van der Waals surface area contributed by atoms with Gasteiger partial charge in [-0.3, -0.25) is 4.79 Å². The monoisotopic (exact) mass is 375 g/mol. The zero-order valence-corrected chi connectivity index (χ0v) is 14.7. The van der Waals surface area contributed by atoms with Gasteiger partial charge in [0.15, 0.2) is 6.61 Å². The van der Waals surface area contributed by atoms with E-state index in [0.29, 0.717) is 11.3 Å². The van der Waals surface area contributed by atoms with Crippen LogP contribution in [0.3, 0.4) is 0 Å². The number of amides is 1. The quantitative estimate of drug-likeness (QED) is 0.559. The first kappa shape index (κ1) is 20.1. The Bertz CT molecular complexity index is 804. The Balaban J connectivity index is 1.79. The Morgan fingerprint density at radius 3 is 2.56 bits per heavy atom. The Kier molecular flexibility index (Phi) is 7.49. The number of hydrogen-bond donors (Lipinski definition) is 1. The number of hydrogen-bond acceptors (Lipinski definition) is 4. The molecular formula is C20H19F2NO4. The average molecular weight is 375 g/mol. The lowest BCUT2D eigenvalue weighted by Gasteiger charge is -2.06. The van der Waals surface area contributed by atoms with Crippen LogP contribution in [0.25, 0.3) is 6.08 Å². The third kappa shape index (κ3) is 7.27. The largest absolute Gasteiger partial charge is 0.452 e. The number of carbonyl (C=O) groups is 2. The van der Waals surface area contributed by atoms with Gasteiger partial charge in [-0.1, -0.05) is 31.2 Å². The van der Waals surface area contributed by atoms with E-state index in [9.17, 15) is 18.4 Å². The maximum Gasteiger partial charge on any atom is 0.387 e. The highest BCUT2D eigenvalue weighted by molar-refractivity contribution is 5.94. The van der Waals surface area contributed by atoms with Gasteiger partial charge in [-0.2, -0.15) is 8.78 Å². The summed E-state index contributed by atoms with van der Waals surface area (Å²) in [7, 11) is 0. The van der Waals surface area contributed by atoms with Crippen molar-refractivity contribution in [3.63, 3.8) is 0 Å². The number of halogens is 2. The summed E-state index contributed by atoms with van der Waals surface area (Å²) in [5, 5.41) is 2.65. The van der Waals surface area contributed by atoms with Crippen LogP contribution in [0.1, 0.15) is 18.1 Å². The molecule has 27 heavy (non-hydrogen) atoms. The lowest BCUT2D eigenvalue weighted by atomic mass is 10.1. The van der Waals surface area contributed by atoms with Crippen molar-refractivity contribution in [1.82, 2.24) is 0 Å². The van der Waals surface area contributed by atoms with Crippen molar-refractivity contribution < 1.29 is 27.8 Å². The van der Waals surface area contributed by atoms with E-state index < -0.39 is 25.1 Å². The summed E-state index contributed by atoms with van der Waals surface area (Å²) in [4.78, 5) is 23.5. The first-order valence-corrected chi connectivity index (χ1v) is 8.24. The predicted molar refractivity (Wildman–Crippen MR) is 97.5 cm³/mol. The predicted octanol–water partition coefficient (Wildman–Crippen LogP) is 4.05. The van der Waals surface area contributed by atoms with Crippen molar-refractivity contribution in [2.24, 2.45) is 0 Å². The highest BCUT2D eigenvalue weighted by atomic mass is 19.3. The van der Waals surface area contributed by atoms with Crippen molar-refractivity contribution in [1.29, 1.82) is 0 Å². The summed E-state index contributed by atoms with van der Waals surface area (Å²) < 4.78 is 33.2. The van der Waals surface area contributed by atoms with Gasteiger partial charge in [0.1, 0.15) is 5.75 Å². The lowest BCUT2D eigenvalue weighted by molar-refractivity contribution is -0.142. The molecule has 142 valence electrons. The minimum atomic E-state index is -2.89. The molecule has 0 aromatic heterocycles. The van der Waals surface area contributed by atoms with Crippen LogP contribution in [0.5, 0.6) is 5.75 Å². The van der Waals surface area contributed by atoms with Crippen molar-refractivity contribution >= 4 is 23.6 Å². The second-order valence-electron chi connectivity index (χ2n) is 5.49. The van der Waals surface area contributed by atoms with E-state index in [1.54, 1.807) is 6.07 Å². The molecule has 1 amide bonds. The fourth-order valence-corrected chi connectivity index (χ4v) is 2.18. The lowest BCUT2D eigenvalue weighted by Crippen LogP contribution is -2.20. The molecule has 0 spiro atoms. The molecule has 2 rings (SSSR count). The SMILES string of the molecule is CCc1cccc(NC(=O)COC(=O)/C=C/c2ccc(OC(F)F)cc2)c1. The van der Waals surface area contributed by atoms with Crippen molar-refractivity contribution in [2.75, 3.05) is 11.9 Å². The smallest absolute Gasteiger partial charge is 0.387 e. The number of benzene rings is 2. The molecule has 2 aromatic carbocycles. The van der Waals surface area contributed by atoms with Gasteiger partial charge in [0.2, 0.25) is 0 Å². The Hall–Kier alpha value is -3.22. The second-order valence-corrected chi connectivity index (χ2v) is 5.49. The molecule has 1 N–H and O–H groups in total. The fourth-order valence-electron chi connectivity index (χ4n) is 2.18. The molecule has 2 aromatic rings. The van der Waals surface area contributed by atoms with Gasteiger partial charge in [-0.25, -0.2) is 4.79 Å². The van der Waals surface area contributed by atoms with Crippen LogP contribution in [-0.2, 0) is 20.7 Å². The van der Waals surface area contributed by atoms with Crippen LogP contribution in [-0.4, -0.2) is 25.1 Å². The Labute approximate surface area is 155 Å². The summed E-state index contributed by atoms with van der Waals surface area (Å²) in [6.07, 6.45) is 3.43. The highest BCUT2D eigenvalue weighted by Crippen LogP contribution is 2.15. The van der Waals surface area contributed by atoms with Crippen molar-refractivity contribution in [3.05, 3.63) is 65.7 Å². The molecule has 7 heteroatoms. The van der Waals surface area contributed by atoms with E-state index in [1.165, 1.54) is 30.3 Å². The van der Waals surface area contributed by atoms with Crippen LogP contribution in [0, 0.1) is 0 Å². The summed E-state index contributed by atoms with van der Waals surface area (Å²) in [5.74, 6) is -1.12. The van der Waals surface area contributed by atoms with Crippen LogP contribution >= 0.6 is 0 Å². The maximum absolute atomic E-state index is 12.1. The standard InChI is InChI=1S/C20H19F2NO4/c1-2-14-4-3-5-16(12-14)23-18(24)13-26-19(25)11-8-15-6-9-17(10-7-15)27-20(21)22/h3-12,20H,2,13H2,1H3,(H,23,24)/b11-8+. The van der Waals surface area contributed by atoms with E-state index in [-0.39, 0.29) is 5.75 Å². The topological polar surface area (TPSA) is 64.6 Å². The molecule has 0 aliphatic heterocycles. The second kappa shape index (κ2) is 10.1. The molecule has 0 saturated heterocycles. The molecule has 0 atom stereocenters. The first-order chi connectivity index (χ1) is 13.0. The molecule has 0 radical (unpaired) electrons. The van der Waals surface area contributed by atoms with Crippen LogP contribution in [0.2, 0.25) is 0 Å². The van der Waals surface area contributed by atoms with Crippen molar-refractivity contribution in [3.8, 4) is 5.75 Å². The number of aryl methyl sites for hydroxylation is 1. The molecule has 0 fully saturated rings. The molecule has 0 saturated carbocycles. The third-order valence-corrected chi connectivity index (χ3v) is 3.48. The molecule has 0 heterocycles. The van der Waals surface area contributed by atoms with Crippen LogP contribution in [0.4, 0.5) is 14.5 Å². The van der Waals surface area contributed by atoms with E-state index in [1.807, 2.05) is 25.1 Å². The van der Waals surface area contributed by atoms with Gasteiger partial charge >= 0.3 is 12.6 Å². The Morgan fingerprint density at radius 2 is 1.89 bits per heavy atom. The minimum Gasteiger partial charge on any atom is -0.452 e. The van der Waals surface area contributed by atoms with Crippen molar-refractivity contribution in [2.45, 2.75) is 20.0 Å². The maximum atomic E-state index is 12.1. The van der Waals surface area contributed by atoms with Crippen LogP contribution < -0.4 is 10.1 Å². The molecule has 0 aliphatic carbocycles. The number of ether oxygens (including phenoxy) is 2. The molecule has 0 unspecified atom stereocenters. The summed E-state index contributed by atoms with van der Waals surface area (Å²) in [6.45, 7) is -1.30. The number of alkyl halides is 2. The highest BCUT2D eigenvalue weighted by Gasteiger charge is 2.06. The summed E-state index contributed by atoms with van der Waals surface area (Å²) in [5.41, 5.74) is 2.31. The normalized spacial score (nSPS) is 10.8. The number of carbonyl (C=O) groups excluding carboxylic acids is 2. The zero-order chi connectivity index (χ0) is 19.6. The first-order valence-electron chi connectivity index (χ1n) is 8.24. The summed E-state index contributed by atoms with van der Waals surface area (Å²) >= 11 is 0. The van der Waals surface area contributed by atoms with E-state index in [4.69, 9.17) is 4.74 Å².